The number of amides is 1. The molecule has 1 aromatic carbocycles. The van der Waals surface area contributed by atoms with Gasteiger partial charge in [-0.25, -0.2) is 4.79 Å². The van der Waals surface area contributed by atoms with Crippen molar-refractivity contribution < 1.29 is 9.21 Å². The zero-order chi connectivity index (χ0) is 15.7. The maximum absolute atomic E-state index is 12.5. The number of rotatable bonds is 3. The Morgan fingerprint density at radius 2 is 2.09 bits per heavy atom. The zero-order valence-corrected chi connectivity index (χ0v) is 12.0. The average Bonchev–Trinajstić information content (AvgIpc) is 2.90. The second kappa shape index (κ2) is 5.40. The van der Waals surface area contributed by atoms with E-state index in [1.54, 1.807) is 38.2 Å². The van der Waals surface area contributed by atoms with Crippen molar-refractivity contribution in [2.75, 3.05) is 7.05 Å². The van der Waals surface area contributed by atoms with E-state index in [0.29, 0.717) is 22.7 Å². The van der Waals surface area contributed by atoms with Crippen molar-refractivity contribution in [2.24, 2.45) is 0 Å². The molecule has 0 bridgehead atoms. The summed E-state index contributed by atoms with van der Waals surface area (Å²) < 4.78 is 5.25. The van der Waals surface area contributed by atoms with Crippen LogP contribution in [0.4, 0.5) is 0 Å². The highest BCUT2D eigenvalue weighted by atomic mass is 16.4. The number of hydrogen-bond acceptors (Lipinski definition) is 6. The third kappa shape index (κ3) is 2.58. The summed E-state index contributed by atoms with van der Waals surface area (Å²) in [5, 5.41) is 8.14. The Morgan fingerprint density at radius 1 is 1.32 bits per heavy atom. The van der Waals surface area contributed by atoms with Gasteiger partial charge in [0.1, 0.15) is 5.69 Å². The van der Waals surface area contributed by atoms with E-state index < -0.39 is 11.6 Å². The molecule has 1 N–H and O–H groups in total. The topological polar surface area (TPSA) is 105 Å². The fraction of sp³-hybridized carbons (Fsp3) is 0.214. The molecular formula is C14H13N5O3. The van der Waals surface area contributed by atoms with Gasteiger partial charge in [-0.1, -0.05) is 18.2 Å². The van der Waals surface area contributed by atoms with Crippen LogP contribution in [-0.2, 0) is 6.54 Å². The van der Waals surface area contributed by atoms with Crippen LogP contribution in [0, 0.1) is 6.92 Å². The van der Waals surface area contributed by atoms with E-state index in [-0.39, 0.29) is 12.2 Å². The summed E-state index contributed by atoms with van der Waals surface area (Å²) in [7, 11) is 1.58. The van der Waals surface area contributed by atoms with E-state index in [2.05, 4.69) is 20.2 Å². The summed E-state index contributed by atoms with van der Waals surface area (Å²) in [4.78, 5) is 31.9. The number of aromatic amines is 1. The summed E-state index contributed by atoms with van der Waals surface area (Å²) in [6, 6.07) is 7.00. The van der Waals surface area contributed by atoms with Crippen molar-refractivity contribution in [1.29, 1.82) is 0 Å². The van der Waals surface area contributed by atoms with E-state index >= 15 is 0 Å². The fourth-order valence-electron chi connectivity index (χ4n) is 2.12. The SMILES string of the molecule is Cc1nnc(CN(C)C(=O)c2nc(=O)[nH]c3ccccc23)o1. The number of aryl methyl sites for hydroxylation is 1. The fourth-order valence-corrected chi connectivity index (χ4v) is 2.12. The predicted octanol–water partition coefficient (Wildman–Crippen LogP) is 0.887. The molecule has 0 aliphatic carbocycles. The molecule has 3 aromatic rings. The van der Waals surface area contributed by atoms with Crippen molar-refractivity contribution in [2.45, 2.75) is 13.5 Å². The molecule has 0 spiro atoms. The van der Waals surface area contributed by atoms with Gasteiger partial charge in [0.15, 0.2) is 0 Å². The van der Waals surface area contributed by atoms with Gasteiger partial charge in [0.05, 0.1) is 12.1 Å². The first-order chi connectivity index (χ1) is 10.5. The first-order valence-electron chi connectivity index (χ1n) is 6.58. The van der Waals surface area contributed by atoms with Crippen LogP contribution in [0.2, 0.25) is 0 Å². The molecule has 0 atom stereocenters. The minimum absolute atomic E-state index is 0.0955. The van der Waals surface area contributed by atoms with Crippen LogP contribution < -0.4 is 5.69 Å². The Kier molecular flexibility index (Phi) is 3.42. The number of nitrogens with one attached hydrogen (secondary N) is 1. The second-order valence-electron chi connectivity index (χ2n) is 4.81. The summed E-state index contributed by atoms with van der Waals surface area (Å²) in [5.41, 5.74) is 0.0926. The standard InChI is InChI=1S/C14H13N5O3/c1-8-17-18-11(22-8)7-19(2)13(20)12-9-5-3-4-6-10(9)15-14(21)16-12/h3-6H,7H2,1-2H3,(H,15,16,21). The normalized spacial score (nSPS) is 10.8. The lowest BCUT2D eigenvalue weighted by Gasteiger charge is -2.15. The van der Waals surface area contributed by atoms with Gasteiger partial charge in [-0.2, -0.15) is 4.98 Å². The number of nitrogens with zero attached hydrogens (tertiary/aromatic N) is 4. The highest BCUT2D eigenvalue weighted by Crippen LogP contribution is 2.15. The Balaban J connectivity index is 1.96. The molecule has 3 rings (SSSR count). The highest BCUT2D eigenvalue weighted by molar-refractivity contribution is 6.03. The Morgan fingerprint density at radius 3 is 2.82 bits per heavy atom. The number of benzene rings is 1. The molecule has 22 heavy (non-hydrogen) atoms. The third-order valence-electron chi connectivity index (χ3n) is 3.13. The molecule has 0 radical (unpaired) electrons. The molecule has 0 saturated carbocycles. The Hall–Kier alpha value is -3.03. The van der Waals surface area contributed by atoms with Gasteiger partial charge in [-0.3, -0.25) is 4.79 Å². The molecule has 2 heterocycles. The predicted molar refractivity (Wildman–Crippen MR) is 77.2 cm³/mol. The minimum atomic E-state index is -0.566. The smallest absolute Gasteiger partial charge is 0.346 e. The van der Waals surface area contributed by atoms with Gasteiger partial charge in [0, 0.05) is 19.4 Å². The Labute approximate surface area is 124 Å². The van der Waals surface area contributed by atoms with E-state index in [0.717, 1.165) is 0 Å². The van der Waals surface area contributed by atoms with Crippen molar-refractivity contribution in [3.8, 4) is 0 Å². The number of carbonyl (C=O) groups is 1. The van der Waals surface area contributed by atoms with E-state index in [1.807, 2.05) is 0 Å². The molecule has 2 aromatic heterocycles. The van der Waals surface area contributed by atoms with E-state index in [4.69, 9.17) is 4.42 Å². The summed E-state index contributed by atoms with van der Waals surface area (Å²) >= 11 is 0. The maximum atomic E-state index is 12.5. The monoisotopic (exact) mass is 299 g/mol. The van der Waals surface area contributed by atoms with E-state index in [9.17, 15) is 9.59 Å². The molecule has 8 nitrogen and oxygen atoms in total. The molecule has 1 amide bonds. The zero-order valence-electron chi connectivity index (χ0n) is 12.0. The molecule has 0 saturated heterocycles. The van der Waals surface area contributed by atoms with Crippen LogP contribution in [-0.4, -0.2) is 38.0 Å². The van der Waals surface area contributed by atoms with Gasteiger partial charge in [0.25, 0.3) is 5.91 Å². The number of H-pyrrole nitrogens is 1. The maximum Gasteiger partial charge on any atom is 0.346 e. The van der Waals surface area contributed by atoms with Crippen molar-refractivity contribution >= 4 is 16.8 Å². The molecular weight excluding hydrogens is 286 g/mol. The minimum Gasteiger partial charge on any atom is -0.424 e. The second-order valence-corrected chi connectivity index (χ2v) is 4.81. The lowest BCUT2D eigenvalue weighted by Crippen LogP contribution is -2.29. The quantitative estimate of drug-likeness (QED) is 0.770. The van der Waals surface area contributed by atoms with Crippen LogP contribution in [0.5, 0.6) is 0 Å². The van der Waals surface area contributed by atoms with Gasteiger partial charge in [0.2, 0.25) is 11.8 Å². The largest absolute Gasteiger partial charge is 0.424 e. The summed E-state index contributed by atoms with van der Waals surface area (Å²) in [5.74, 6) is 0.358. The third-order valence-corrected chi connectivity index (χ3v) is 3.13. The van der Waals surface area contributed by atoms with Crippen LogP contribution in [0.3, 0.4) is 0 Å². The van der Waals surface area contributed by atoms with Crippen LogP contribution in [0.25, 0.3) is 10.9 Å². The lowest BCUT2D eigenvalue weighted by molar-refractivity contribution is 0.0768. The molecule has 8 heteroatoms. The van der Waals surface area contributed by atoms with Crippen LogP contribution in [0.1, 0.15) is 22.3 Å². The van der Waals surface area contributed by atoms with Crippen LogP contribution in [0.15, 0.2) is 33.5 Å². The van der Waals surface area contributed by atoms with Crippen molar-refractivity contribution in [3.05, 3.63) is 52.2 Å². The highest BCUT2D eigenvalue weighted by Gasteiger charge is 2.19. The molecule has 112 valence electrons. The summed E-state index contributed by atoms with van der Waals surface area (Å²) in [6.45, 7) is 1.81. The van der Waals surface area contributed by atoms with Crippen molar-refractivity contribution in [1.82, 2.24) is 25.1 Å². The number of fused-ring (bicyclic) bond motifs is 1. The number of aromatic nitrogens is 4. The molecule has 0 unspecified atom stereocenters. The van der Waals surface area contributed by atoms with Crippen molar-refractivity contribution in [3.63, 3.8) is 0 Å². The molecule has 0 aliphatic heterocycles. The number of hydrogen-bond donors (Lipinski definition) is 1. The number of carbonyl (C=O) groups excluding carboxylic acids is 1. The first kappa shape index (κ1) is 13.9. The van der Waals surface area contributed by atoms with Gasteiger partial charge >= 0.3 is 5.69 Å². The van der Waals surface area contributed by atoms with Gasteiger partial charge in [-0.05, 0) is 6.07 Å². The summed E-state index contributed by atoms with van der Waals surface area (Å²) in [6.07, 6.45) is 0. The Bertz CT molecular complexity index is 899. The van der Waals surface area contributed by atoms with Gasteiger partial charge < -0.3 is 14.3 Å². The average molecular weight is 299 g/mol. The van der Waals surface area contributed by atoms with E-state index in [1.165, 1.54) is 4.90 Å². The first-order valence-corrected chi connectivity index (χ1v) is 6.58. The van der Waals surface area contributed by atoms with Gasteiger partial charge in [-0.15, -0.1) is 10.2 Å². The molecule has 0 aliphatic rings. The lowest BCUT2D eigenvalue weighted by atomic mass is 10.1. The van der Waals surface area contributed by atoms with Crippen LogP contribution >= 0.6 is 0 Å². The number of para-hydroxylation sites is 1. The molecule has 0 fully saturated rings.